The van der Waals surface area contributed by atoms with Gasteiger partial charge in [0, 0.05) is 24.3 Å². The number of rotatable bonds is 2. The Bertz CT molecular complexity index is 581. The fourth-order valence-corrected chi connectivity index (χ4v) is 1.36. The topological polar surface area (TPSA) is 84.0 Å². The van der Waals surface area contributed by atoms with E-state index in [1.165, 1.54) is 12.4 Å². The standard InChI is InChI=1S/C13H12N4O2/c1-9-4-5-11(8-15-9)13(19)17-16-12(18)10-3-2-6-14-7-10/h2-8H,1H3,(H,16,18)(H,17,19). The summed E-state index contributed by atoms with van der Waals surface area (Å²) >= 11 is 0. The van der Waals surface area contributed by atoms with Crippen LogP contribution in [0.4, 0.5) is 0 Å². The summed E-state index contributed by atoms with van der Waals surface area (Å²) in [7, 11) is 0. The number of carbonyl (C=O) groups is 2. The molecule has 2 heterocycles. The zero-order valence-corrected chi connectivity index (χ0v) is 10.3. The molecule has 0 atom stereocenters. The Kier molecular flexibility index (Phi) is 3.82. The second kappa shape index (κ2) is 5.72. The normalized spacial score (nSPS) is 9.74. The Morgan fingerprint density at radius 2 is 1.68 bits per heavy atom. The van der Waals surface area contributed by atoms with E-state index in [1.54, 1.807) is 30.5 Å². The van der Waals surface area contributed by atoms with Crippen LogP contribution in [0, 0.1) is 6.92 Å². The van der Waals surface area contributed by atoms with E-state index in [9.17, 15) is 9.59 Å². The number of carbonyl (C=O) groups excluding carboxylic acids is 2. The van der Waals surface area contributed by atoms with Gasteiger partial charge in [-0.15, -0.1) is 0 Å². The molecule has 2 aromatic rings. The van der Waals surface area contributed by atoms with Crippen LogP contribution in [0.3, 0.4) is 0 Å². The summed E-state index contributed by atoms with van der Waals surface area (Å²) in [6.07, 6.45) is 4.42. The molecule has 2 aromatic heterocycles. The van der Waals surface area contributed by atoms with E-state index in [4.69, 9.17) is 0 Å². The van der Waals surface area contributed by atoms with Crippen LogP contribution in [0.5, 0.6) is 0 Å². The van der Waals surface area contributed by atoms with Crippen molar-refractivity contribution in [3.63, 3.8) is 0 Å². The lowest BCUT2D eigenvalue weighted by atomic mass is 10.2. The number of aryl methyl sites for hydroxylation is 1. The van der Waals surface area contributed by atoms with Gasteiger partial charge < -0.3 is 0 Å². The molecule has 6 heteroatoms. The van der Waals surface area contributed by atoms with Gasteiger partial charge in [0.1, 0.15) is 0 Å². The Balaban J connectivity index is 1.94. The fourth-order valence-electron chi connectivity index (χ4n) is 1.36. The molecule has 0 aliphatic carbocycles. The highest BCUT2D eigenvalue weighted by molar-refractivity contribution is 5.98. The van der Waals surface area contributed by atoms with Gasteiger partial charge in [0.25, 0.3) is 11.8 Å². The molecule has 19 heavy (non-hydrogen) atoms. The van der Waals surface area contributed by atoms with Crippen molar-refractivity contribution in [1.82, 2.24) is 20.8 Å². The molecule has 0 saturated heterocycles. The van der Waals surface area contributed by atoms with E-state index in [0.29, 0.717) is 11.1 Å². The molecule has 96 valence electrons. The number of hydrazine groups is 1. The summed E-state index contributed by atoms with van der Waals surface area (Å²) in [5.41, 5.74) is 6.17. The molecular weight excluding hydrogens is 244 g/mol. The highest BCUT2D eigenvalue weighted by atomic mass is 16.2. The maximum atomic E-state index is 11.7. The van der Waals surface area contributed by atoms with Crippen molar-refractivity contribution in [3.8, 4) is 0 Å². The molecule has 0 bridgehead atoms. The van der Waals surface area contributed by atoms with Gasteiger partial charge in [0.2, 0.25) is 0 Å². The minimum absolute atomic E-state index is 0.366. The van der Waals surface area contributed by atoms with E-state index in [-0.39, 0.29) is 0 Å². The number of nitrogens with one attached hydrogen (secondary N) is 2. The van der Waals surface area contributed by atoms with Crippen molar-refractivity contribution in [2.75, 3.05) is 0 Å². The third kappa shape index (κ3) is 3.35. The summed E-state index contributed by atoms with van der Waals surface area (Å²) in [6, 6.07) is 6.59. The SMILES string of the molecule is Cc1ccc(C(=O)NNC(=O)c2cccnc2)cn1. The van der Waals surface area contributed by atoms with Crippen molar-refractivity contribution in [3.05, 3.63) is 59.7 Å². The average molecular weight is 256 g/mol. The van der Waals surface area contributed by atoms with Crippen LogP contribution < -0.4 is 10.9 Å². The van der Waals surface area contributed by atoms with Gasteiger partial charge in [-0.25, -0.2) is 0 Å². The molecule has 2 amide bonds. The van der Waals surface area contributed by atoms with Crippen LogP contribution in [0.1, 0.15) is 26.4 Å². The Morgan fingerprint density at radius 3 is 2.21 bits per heavy atom. The highest BCUT2D eigenvalue weighted by Crippen LogP contribution is 1.99. The van der Waals surface area contributed by atoms with Crippen LogP contribution >= 0.6 is 0 Å². The maximum absolute atomic E-state index is 11.7. The first-order chi connectivity index (χ1) is 9.16. The summed E-state index contributed by atoms with van der Waals surface area (Å²) in [4.78, 5) is 31.2. The monoisotopic (exact) mass is 256 g/mol. The van der Waals surface area contributed by atoms with Crippen LogP contribution in [-0.4, -0.2) is 21.8 Å². The lowest BCUT2D eigenvalue weighted by Crippen LogP contribution is -2.41. The van der Waals surface area contributed by atoms with Crippen LogP contribution in [0.15, 0.2) is 42.9 Å². The van der Waals surface area contributed by atoms with Gasteiger partial charge in [-0.1, -0.05) is 0 Å². The van der Waals surface area contributed by atoms with Gasteiger partial charge >= 0.3 is 0 Å². The van der Waals surface area contributed by atoms with Gasteiger partial charge in [-0.05, 0) is 31.2 Å². The van der Waals surface area contributed by atoms with Crippen LogP contribution in [0.2, 0.25) is 0 Å². The highest BCUT2D eigenvalue weighted by Gasteiger charge is 2.08. The largest absolute Gasteiger partial charge is 0.271 e. The Morgan fingerprint density at radius 1 is 1.00 bits per heavy atom. The summed E-state index contributed by atoms with van der Waals surface area (Å²) in [5, 5.41) is 0. The van der Waals surface area contributed by atoms with Gasteiger partial charge in [-0.2, -0.15) is 0 Å². The summed E-state index contributed by atoms with van der Waals surface area (Å²) in [5.74, 6) is -0.855. The first-order valence-corrected chi connectivity index (χ1v) is 5.60. The molecule has 0 aromatic carbocycles. The zero-order chi connectivity index (χ0) is 13.7. The average Bonchev–Trinajstić information content (AvgIpc) is 2.46. The van der Waals surface area contributed by atoms with Crippen molar-refractivity contribution in [1.29, 1.82) is 0 Å². The molecule has 0 aliphatic rings. The number of pyridine rings is 2. The second-order valence-electron chi connectivity index (χ2n) is 3.84. The molecule has 2 N–H and O–H groups in total. The Hall–Kier alpha value is -2.76. The Labute approximate surface area is 109 Å². The van der Waals surface area contributed by atoms with E-state index >= 15 is 0 Å². The van der Waals surface area contributed by atoms with Crippen molar-refractivity contribution < 1.29 is 9.59 Å². The molecular formula is C13H12N4O2. The molecule has 0 aliphatic heterocycles. The molecule has 2 rings (SSSR count). The third-order valence-electron chi connectivity index (χ3n) is 2.39. The third-order valence-corrected chi connectivity index (χ3v) is 2.39. The number of aromatic nitrogens is 2. The predicted octanol–water partition coefficient (Wildman–Crippen LogP) is 0.860. The predicted molar refractivity (Wildman–Crippen MR) is 68.1 cm³/mol. The number of amides is 2. The fraction of sp³-hybridized carbons (Fsp3) is 0.0769. The molecule has 6 nitrogen and oxygen atoms in total. The van der Waals surface area contributed by atoms with Gasteiger partial charge in [0.15, 0.2) is 0 Å². The number of nitrogens with zero attached hydrogens (tertiary/aromatic N) is 2. The van der Waals surface area contributed by atoms with Crippen molar-refractivity contribution in [2.45, 2.75) is 6.92 Å². The number of hydrogen-bond donors (Lipinski definition) is 2. The second-order valence-corrected chi connectivity index (χ2v) is 3.84. The first-order valence-electron chi connectivity index (χ1n) is 5.60. The van der Waals surface area contributed by atoms with E-state index in [1.807, 2.05) is 6.92 Å². The zero-order valence-electron chi connectivity index (χ0n) is 10.3. The lowest BCUT2D eigenvalue weighted by molar-refractivity contribution is 0.0846. The minimum atomic E-state index is -0.429. The van der Waals surface area contributed by atoms with E-state index < -0.39 is 11.8 Å². The molecule has 0 unspecified atom stereocenters. The maximum Gasteiger partial charge on any atom is 0.271 e. The molecule has 0 spiro atoms. The molecule has 0 radical (unpaired) electrons. The smallest absolute Gasteiger partial charge is 0.267 e. The molecule has 0 saturated carbocycles. The van der Waals surface area contributed by atoms with E-state index in [0.717, 1.165) is 5.69 Å². The number of hydrogen-bond acceptors (Lipinski definition) is 4. The quantitative estimate of drug-likeness (QED) is 0.780. The summed E-state index contributed by atoms with van der Waals surface area (Å²) in [6.45, 7) is 1.83. The minimum Gasteiger partial charge on any atom is -0.267 e. The van der Waals surface area contributed by atoms with Gasteiger partial charge in [0.05, 0.1) is 11.1 Å². The van der Waals surface area contributed by atoms with Crippen LogP contribution in [-0.2, 0) is 0 Å². The van der Waals surface area contributed by atoms with Crippen molar-refractivity contribution >= 4 is 11.8 Å². The molecule has 0 fully saturated rings. The lowest BCUT2D eigenvalue weighted by Gasteiger charge is -2.06. The van der Waals surface area contributed by atoms with E-state index in [2.05, 4.69) is 20.8 Å². The summed E-state index contributed by atoms with van der Waals surface area (Å²) < 4.78 is 0. The van der Waals surface area contributed by atoms with Crippen molar-refractivity contribution in [2.24, 2.45) is 0 Å². The first kappa shape index (κ1) is 12.7. The van der Waals surface area contributed by atoms with Crippen LogP contribution in [0.25, 0.3) is 0 Å². The van der Waals surface area contributed by atoms with Gasteiger partial charge in [-0.3, -0.25) is 30.4 Å².